The van der Waals surface area contributed by atoms with E-state index in [4.69, 9.17) is 0 Å². The summed E-state index contributed by atoms with van der Waals surface area (Å²) in [5.41, 5.74) is 3.19. The zero-order chi connectivity index (χ0) is 24.5. The predicted molar refractivity (Wildman–Crippen MR) is 138 cm³/mol. The second-order valence-electron chi connectivity index (χ2n) is 9.07. The van der Waals surface area contributed by atoms with Crippen molar-refractivity contribution in [2.24, 2.45) is 0 Å². The van der Waals surface area contributed by atoms with E-state index in [1.807, 2.05) is 46.0 Å². The van der Waals surface area contributed by atoms with Gasteiger partial charge in [-0.15, -0.1) is 9.24 Å². The van der Waals surface area contributed by atoms with E-state index in [2.05, 4.69) is 15.8 Å². The highest BCUT2D eigenvalue weighted by Crippen LogP contribution is 2.39. The highest BCUT2D eigenvalue weighted by molar-refractivity contribution is 7.69. The lowest BCUT2D eigenvalue weighted by Crippen LogP contribution is -2.51. The molecule has 2 aromatic carbocycles. The number of hydrogen-bond acceptors (Lipinski definition) is 3. The van der Waals surface area contributed by atoms with Crippen molar-refractivity contribution in [1.29, 1.82) is 0 Å². The number of aryl methyl sites for hydroxylation is 1. The van der Waals surface area contributed by atoms with Gasteiger partial charge in [0.25, 0.3) is 0 Å². The van der Waals surface area contributed by atoms with Crippen molar-refractivity contribution in [3.63, 3.8) is 0 Å². The maximum Gasteiger partial charge on any atom is 0.249 e. The molecular weight excluding hydrogens is 457 g/mol. The number of hydrogen-bond donors (Lipinski definition) is 1. The van der Waals surface area contributed by atoms with E-state index in [-0.39, 0.29) is 18.1 Å². The van der Waals surface area contributed by atoms with Gasteiger partial charge in [-0.05, 0) is 35.9 Å². The molecule has 9 heteroatoms. The standard InChI is InChI=1S/C24H31BFN2O3PS/c1-5-16(3)23(29)28-14-24(25,32)22(27(4)33(30)31)20(28)13-18-10-7-11-19(21(18)26)17-9-6-8-15(2)12-17/h6-12,20,22,33H,3,5,13-14,25,32H2,1-2,4H3. The van der Waals surface area contributed by atoms with E-state index >= 15 is 4.39 Å². The fourth-order valence-electron chi connectivity index (χ4n) is 4.76. The van der Waals surface area contributed by atoms with Crippen LogP contribution in [0.4, 0.5) is 4.39 Å². The Labute approximate surface area is 200 Å². The van der Waals surface area contributed by atoms with Crippen LogP contribution in [0.3, 0.4) is 0 Å². The summed E-state index contributed by atoms with van der Waals surface area (Å²) in [6.07, 6.45) is 0.680. The van der Waals surface area contributed by atoms with Gasteiger partial charge in [0.1, 0.15) is 13.7 Å². The highest BCUT2D eigenvalue weighted by atomic mass is 32.2. The lowest BCUT2D eigenvalue weighted by atomic mass is 9.79. The molecule has 0 radical (unpaired) electrons. The minimum absolute atomic E-state index is 0.191. The first-order valence-corrected chi connectivity index (χ1v) is 12.7. The van der Waals surface area contributed by atoms with Gasteiger partial charge in [-0.3, -0.25) is 4.79 Å². The molecular formula is C24H31BFN2O3PS. The van der Waals surface area contributed by atoms with Crippen molar-refractivity contribution in [2.45, 2.75) is 43.8 Å². The van der Waals surface area contributed by atoms with Crippen molar-refractivity contribution in [2.75, 3.05) is 13.6 Å². The third-order valence-corrected chi connectivity index (χ3v) is 7.73. The molecule has 0 saturated carbocycles. The Morgan fingerprint density at radius 2 is 2.00 bits per heavy atom. The number of nitrogens with zero attached hydrogens (tertiary/aromatic N) is 2. The second-order valence-corrected chi connectivity index (χ2v) is 11.5. The van der Waals surface area contributed by atoms with Crippen LogP contribution in [0.2, 0.25) is 0 Å². The van der Waals surface area contributed by atoms with Gasteiger partial charge in [-0.2, -0.15) is 0 Å². The molecule has 1 heterocycles. The van der Waals surface area contributed by atoms with Crippen molar-refractivity contribution in [3.05, 3.63) is 71.6 Å². The average molecular weight is 488 g/mol. The number of halogens is 1. The lowest BCUT2D eigenvalue weighted by molar-refractivity contribution is -0.128. The van der Waals surface area contributed by atoms with E-state index in [0.29, 0.717) is 29.7 Å². The fourth-order valence-corrected chi connectivity index (χ4v) is 6.15. The number of likely N-dealkylation sites (N-methyl/N-ethyl adjacent to an activating group) is 1. The van der Waals surface area contributed by atoms with Gasteiger partial charge < -0.3 is 4.90 Å². The van der Waals surface area contributed by atoms with Gasteiger partial charge in [0.2, 0.25) is 16.8 Å². The first-order valence-electron chi connectivity index (χ1n) is 11.0. The van der Waals surface area contributed by atoms with Crippen LogP contribution in [-0.4, -0.2) is 62.1 Å². The molecule has 0 N–H and O–H groups in total. The molecule has 1 aliphatic rings. The molecule has 4 atom stereocenters. The number of rotatable bonds is 7. The van der Waals surface area contributed by atoms with Gasteiger partial charge in [-0.25, -0.2) is 17.1 Å². The maximum atomic E-state index is 15.7. The van der Waals surface area contributed by atoms with Crippen LogP contribution in [-0.2, 0) is 22.1 Å². The Hall–Kier alpha value is -2.02. The third kappa shape index (κ3) is 5.23. The summed E-state index contributed by atoms with van der Waals surface area (Å²) in [6.45, 7) is 8.03. The summed E-state index contributed by atoms with van der Waals surface area (Å²) in [6, 6.07) is 11.8. The van der Waals surface area contributed by atoms with Crippen molar-refractivity contribution < 1.29 is 17.6 Å². The van der Waals surface area contributed by atoms with Crippen LogP contribution < -0.4 is 0 Å². The zero-order valence-corrected chi connectivity index (χ0v) is 21.6. The molecule has 0 aliphatic carbocycles. The molecule has 1 amide bonds. The summed E-state index contributed by atoms with van der Waals surface area (Å²) < 4.78 is 40.9. The molecule has 2 aromatic rings. The number of benzene rings is 2. The SMILES string of the molecule is BC1(P)CN(C(=O)C(=C)CC)C(Cc2cccc(-c3cccc(C)c3)c2F)C1N(C)[SH](=O)=O. The van der Waals surface area contributed by atoms with Crippen molar-refractivity contribution in [1.82, 2.24) is 9.21 Å². The number of amides is 1. The number of carbonyl (C=O) groups excluding carboxylic acids is 1. The van der Waals surface area contributed by atoms with Crippen molar-refractivity contribution in [3.8, 4) is 11.1 Å². The molecule has 0 bridgehead atoms. The van der Waals surface area contributed by atoms with Crippen LogP contribution >= 0.6 is 9.24 Å². The fraction of sp³-hybridized carbons (Fsp3) is 0.375. The van der Waals surface area contributed by atoms with Gasteiger partial charge in [0, 0.05) is 30.8 Å². The average Bonchev–Trinajstić information content (AvgIpc) is 3.03. The highest BCUT2D eigenvalue weighted by Gasteiger charge is 2.51. The molecule has 0 spiro atoms. The number of likely N-dealkylation sites (tertiary alicyclic amines) is 1. The quantitative estimate of drug-likeness (QED) is 0.282. The first-order chi connectivity index (χ1) is 15.5. The summed E-state index contributed by atoms with van der Waals surface area (Å²) in [4.78, 5) is 14.8. The molecule has 5 nitrogen and oxygen atoms in total. The van der Waals surface area contributed by atoms with E-state index in [9.17, 15) is 13.2 Å². The molecule has 0 aromatic heterocycles. The Balaban J connectivity index is 2.07. The summed E-state index contributed by atoms with van der Waals surface area (Å²) >= 11 is 0. The monoisotopic (exact) mass is 488 g/mol. The Bertz CT molecular complexity index is 1150. The summed E-state index contributed by atoms with van der Waals surface area (Å²) in [5.74, 6) is -0.571. The van der Waals surface area contributed by atoms with E-state index in [1.165, 1.54) is 11.4 Å². The molecule has 176 valence electrons. The first kappa shape index (κ1) is 25.6. The van der Waals surface area contributed by atoms with Crippen molar-refractivity contribution >= 4 is 33.9 Å². The Kier molecular flexibility index (Phi) is 7.82. The Morgan fingerprint density at radius 1 is 1.33 bits per heavy atom. The second kappa shape index (κ2) is 10.1. The Morgan fingerprint density at radius 3 is 2.61 bits per heavy atom. The molecule has 33 heavy (non-hydrogen) atoms. The van der Waals surface area contributed by atoms with Crippen LogP contribution in [0.1, 0.15) is 24.5 Å². The molecule has 3 rings (SSSR count). The summed E-state index contributed by atoms with van der Waals surface area (Å²) in [7, 11) is 3.25. The van der Waals surface area contributed by atoms with Crippen LogP contribution in [0.5, 0.6) is 0 Å². The molecule has 1 saturated heterocycles. The largest absolute Gasteiger partial charge is 0.334 e. The normalized spacial score (nSPS) is 22.8. The molecule has 1 fully saturated rings. The van der Waals surface area contributed by atoms with Gasteiger partial charge in [0.05, 0.1) is 6.04 Å². The zero-order valence-electron chi connectivity index (χ0n) is 19.5. The van der Waals surface area contributed by atoms with Gasteiger partial charge in [-0.1, -0.05) is 61.5 Å². The smallest absolute Gasteiger partial charge is 0.249 e. The maximum absolute atomic E-state index is 15.7. The summed E-state index contributed by atoms with van der Waals surface area (Å²) in [5, 5.41) is -0.594. The van der Waals surface area contributed by atoms with E-state index in [0.717, 1.165) is 11.1 Å². The predicted octanol–water partition coefficient (Wildman–Crippen LogP) is 2.55. The minimum Gasteiger partial charge on any atom is -0.334 e. The van der Waals surface area contributed by atoms with E-state index < -0.39 is 28.0 Å². The van der Waals surface area contributed by atoms with E-state index in [1.54, 1.807) is 23.1 Å². The molecule has 1 aliphatic heterocycles. The van der Waals surface area contributed by atoms with Crippen LogP contribution in [0, 0.1) is 12.7 Å². The molecule has 4 unspecified atom stereocenters. The topological polar surface area (TPSA) is 57.7 Å². The lowest BCUT2D eigenvalue weighted by Gasteiger charge is -2.34. The van der Waals surface area contributed by atoms with Crippen LogP contribution in [0.15, 0.2) is 54.6 Å². The van der Waals surface area contributed by atoms with Gasteiger partial charge >= 0.3 is 0 Å². The number of thiol groups is 1. The van der Waals surface area contributed by atoms with Crippen LogP contribution in [0.25, 0.3) is 11.1 Å². The third-order valence-electron chi connectivity index (χ3n) is 6.44. The number of carbonyl (C=O) groups is 1. The van der Waals surface area contributed by atoms with Gasteiger partial charge in [0.15, 0.2) is 0 Å². The minimum atomic E-state index is -2.88.